The number of amides is 1. The Kier molecular flexibility index (Phi) is 5.83. The van der Waals surface area contributed by atoms with Gasteiger partial charge in [0.05, 0.1) is 18.2 Å². The van der Waals surface area contributed by atoms with Gasteiger partial charge in [-0.05, 0) is 55.3 Å². The minimum Gasteiger partial charge on any atom is -0.333 e. The van der Waals surface area contributed by atoms with Crippen LogP contribution in [0.25, 0.3) is 0 Å². The second-order valence-corrected chi connectivity index (χ2v) is 7.54. The van der Waals surface area contributed by atoms with Gasteiger partial charge in [0.1, 0.15) is 0 Å². The van der Waals surface area contributed by atoms with E-state index >= 15 is 0 Å². The molecule has 0 spiro atoms. The summed E-state index contributed by atoms with van der Waals surface area (Å²) in [5.41, 5.74) is 2.39. The highest BCUT2D eigenvalue weighted by atomic mass is 32.1. The average Bonchev–Trinajstić information content (AvgIpc) is 3.10. The summed E-state index contributed by atoms with van der Waals surface area (Å²) in [4.78, 5) is 17.3. The van der Waals surface area contributed by atoms with Crippen LogP contribution in [0, 0.1) is 18.3 Å². The minimum absolute atomic E-state index is 0.00326. The summed E-state index contributed by atoms with van der Waals surface area (Å²) in [5.74, 6) is -0.00326. The van der Waals surface area contributed by atoms with Crippen molar-refractivity contribution in [1.82, 2.24) is 4.90 Å². The molecule has 0 saturated heterocycles. The van der Waals surface area contributed by atoms with Crippen molar-refractivity contribution in [2.45, 2.75) is 19.9 Å². The van der Waals surface area contributed by atoms with Gasteiger partial charge < -0.3 is 4.90 Å². The molecule has 26 heavy (non-hydrogen) atoms. The molecule has 0 unspecified atom stereocenters. The van der Waals surface area contributed by atoms with Crippen molar-refractivity contribution in [3.05, 3.63) is 93.2 Å². The Balaban J connectivity index is 1.78. The Labute approximate surface area is 158 Å². The molecule has 3 nitrogen and oxygen atoms in total. The number of hydrogen-bond donors (Lipinski definition) is 0. The minimum atomic E-state index is -0.00326. The first kappa shape index (κ1) is 17.9. The van der Waals surface area contributed by atoms with Crippen LogP contribution in [-0.2, 0) is 13.0 Å². The fraction of sp³-hybridized carbons (Fsp3) is 0.182. The number of rotatable bonds is 6. The van der Waals surface area contributed by atoms with Crippen LogP contribution in [-0.4, -0.2) is 17.4 Å². The molecule has 0 N–H and O–H groups in total. The molecule has 0 bridgehead atoms. The van der Waals surface area contributed by atoms with Crippen LogP contribution in [0.4, 0.5) is 0 Å². The SMILES string of the molecule is Cc1ccc(CN(CCc2ccccc2)C(=O)c2ccc(C#N)cc2)s1. The van der Waals surface area contributed by atoms with Gasteiger partial charge >= 0.3 is 0 Å². The number of benzene rings is 2. The van der Waals surface area contributed by atoms with Crippen molar-refractivity contribution in [3.63, 3.8) is 0 Å². The zero-order valence-corrected chi connectivity index (χ0v) is 15.5. The van der Waals surface area contributed by atoms with Crippen molar-refractivity contribution in [3.8, 4) is 6.07 Å². The molecule has 3 rings (SSSR count). The molecule has 130 valence electrons. The molecule has 0 aliphatic heterocycles. The van der Waals surface area contributed by atoms with Crippen LogP contribution in [0.2, 0.25) is 0 Å². The van der Waals surface area contributed by atoms with E-state index in [-0.39, 0.29) is 5.91 Å². The highest BCUT2D eigenvalue weighted by molar-refractivity contribution is 7.11. The fourth-order valence-corrected chi connectivity index (χ4v) is 3.70. The number of nitriles is 1. The maximum absolute atomic E-state index is 13.0. The Bertz CT molecular complexity index is 907. The number of carbonyl (C=O) groups is 1. The van der Waals surface area contributed by atoms with Crippen LogP contribution in [0.5, 0.6) is 0 Å². The van der Waals surface area contributed by atoms with Crippen LogP contribution in [0.15, 0.2) is 66.7 Å². The predicted octanol–water partition coefficient (Wildman–Crippen LogP) is 4.81. The molecule has 1 aromatic heterocycles. The van der Waals surface area contributed by atoms with Crippen molar-refractivity contribution >= 4 is 17.2 Å². The average molecular weight is 360 g/mol. The van der Waals surface area contributed by atoms with E-state index in [9.17, 15) is 4.79 Å². The molecule has 0 aliphatic rings. The van der Waals surface area contributed by atoms with E-state index in [0.717, 1.165) is 6.42 Å². The summed E-state index contributed by atoms with van der Waals surface area (Å²) in [6.45, 7) is 3.33. The van der Waals surface area contributed by atoms with E-state index < -0.39 is 0 Å². The molecule has 0 saturated carbocycles. The summed E-state index contributed by atoms with van der Waals surface area (Å²) in [5, 5.41) is 8.94. The predicted molar refractivity (Wildman–Crippen MR) is 105 cm³/mol. The Morgan fingerprint density at radius 3 is 2.38 bits per heavy atom. The zero-order valence-electron chi connectivity index (χ0n) is 14.7. The third-order valence-corrected chi connectivity index (χ3v) is 5.19. The second kappa shape index (κ2) is 8.46. The van der Waals surface area contributed by atoms with Crippen molar-refractivity contribution in [2.24, 2.45) is 0 Å². The van der Waals surface area contributed by atoms with Crippen LogP contribution < -0.4 is 0 Å². The first-order chi connectivity index (χ1) is 12.7. The maximum Gasteiger partial charge on any atom is 0.254 e. The fourth-order valence-electron chi connectivity index (χ4n) is 2.79. The summed E-state index contributed by atoms with van der Waals surface area (Å²) in [7, 11) is 0. The first-order valence-electron chi connectivity index (χ1n) is 8.54. The maximum atomic E-state index is 13.0. The van der Waals surface area contributed by atoms with Gasteiger partial charge in [0.15, 0.2) is 0 Å². The van der Waals surface area contributed by atoms with E-state index in [1.807, 2.05) is 23.1 Å². The lowest BCUT2D eigenvalue weighted by atomic mass is 10.1. The number of carbonyl (C=O) groups excluding carboxylic acids is 1. The van der Waals surface area contributed by atoms with Crippen LogP contribution in [0.1, 0.15) is 31.2 Å². The summed E-state index contributed by atoms with van der Waals surface area (Å²) >= 11 is 1.72. The molecule has 0 fully saturated rings. The molecular formula is C22H20N2OS. The van der Waals surface area contributed by atoms with Gasteiger partial charge in [0.25, 0.3) is 5.91 Å². The summed E-state index contributed by atoms with van der Waals surface area (Å²) < 4.78 is 0. The van der Waals surface area contributed by atoms with Gasteiger partial charge in [-0.3, -0.25) is 4.79 Å². The molecule has 0 aliphatic carbocycles. The molecule has 1 amide bonds. The lowest BCUT2D eigenvalue weighted by Crippen LogP contribution is -2.32. The molecule has 3 aromatic rings. The topological polar surface area (TPSA) is 44.1 Å². The van der Waals surface area contributed by atoms with Crippen LogP contribution in [0.3, 0.4) is 0 Å². The normalized spacial score (nSPS) is 10.3. The Morgan fingerprint density at radius 1 is 1.04 bits per heavy atom. The monoisotopic (exact) mass is 360 g/mol. The van der Waals surface area contributed by atoms with Crippen LogP contribution >= 0.6 is 11.3 Å². The van der Waals surface area contributed by atoms with Gasteiger partial charge in [0, 0.05) is 21.9 Å². The molecular weight excluding hydrogens is 340 g/mol. The summed E-state index contributed by atoms with van der Waals surface area (Å²) in [6.07, 6.45) is 0.813. The highest BCUT2D eigenvalue weighted by Crippen LogP contribution is 2.19. The van der Waals surface area contributed by atoms with E-state index in [0.29, 0.717) is 24.2 Å². The van der Waals surface area contributed by atoms with Crippen molar-refractivity contribution in [2.75, 3.05) is 6.54 Å². The van der Waals surface area contributed by atoms with E-state index in [2.05, 4.69) is 37.3 Å². The quantitative estimate of drug-likeness (QED) is 0.633. The molecule has 0 atom stereocenters. The van der Waals surface area contributed by atoms with Gasteiger partial charge in [-0.2, -0.15) is 5.26 Å². The third-order valence-electron chi connectivity index (χ3n) is 4.20. The van der Waals surface area contributed by atoms with Crippen molar-refractivity contribution < 1.29 is 4.79 Å². The van der Waals surface area contributed by atoms with Crippen molar-refractivity contribution in [1.29, 1.82) is 5.26 Å². The number of hydrogen-bond acceptors (Lipinski definition) is 3. The van der Waals surface area contributed by atoms with Gasteiger partial charge in [-0.1, -0.05) is 30.3 Å². The van der Waals surface area contributed by atoms with Gasteiger partial charge in [-0.15, -0.1) is 11.3 Å². The molecule has 4 heteroatoms. The number of nitrogens with zero attached hydrogens (tertiary/aromatic N) is 2. The van der Waals surface area contributed by atoms with E-state index in [1.54, 1.807) is 35.6 Å². The lowest BCUT2D eigenvalue weighted by Gasteiger charge is -2.22. The number of aryl methyl sites for hydroxylation is 1. The molecule has 2 aromatic carbocycles. The van der Waals surface area contributed by atoms with E-state index in [4.69, 9.17) is 5.26 Å². The Hall–Kier alpha value is -2.90. The third kappa shape index (κ3) is 4.59. The summed E-state index contributed by atoms with van der Waals surface area (Å²) in [6, 6.07) is 23.3. The number of thiophene rings is 1. The highest BCUT2D eigenvalue weighted by Gasteiger charge is 2.17. The second-order valence-electron chi connectivity index (χ2n) is 6.16. The standard InChI is InChI=1S/C22H20N2OS/c1-17-7-12-21(26-17)16-24(14-13-18-5-3-2-4-6-18)22(25)20-10-8-19(15-23)9-11-20/h2-12H,13-14,16H2,1H3. The largest absolute Gasteiger partial charge is 0.333 e. The van der Waals surface area contributed by atoms with Gasteiger partial charge in [-0.25, -0.2) is 0 Å². The van der Waals surface area contributed by atoms with E-state index in [1.165, 1.54) is 15.3 Å². The molecule has 1 heterocycles. The Morgan fingerprint density at radius 2 is 1.77 bits per heavy atom. The van der Waals surface area contributed by atoms with Gasteiger partial charge in [0.2, 0.25) is 0 Å². The zero-order chi connectivity index (χ0) is 18.4. The smallest absolute Gasteiger partial charge is 0.254 e. The first-order valence-corrected chi connectivity index (χ1v) is 9.36. The lowest BCUT2D eigenvalue weighted by molar-refractivity contribution is 0.0747. The molecule has 0 radical (unpaired) electrons.